The van der Waals surface area contributed by atoms with Crippen molar-refractivity contribution in [2.24, 2.45) is 0 Å². The molecule has 0 aromatic heterocycles. The van der Waals surface area contributed by atoms with E-state index in [0.29, 0.717) is 30.0 Å². The maximum absolute atomic E-state index is 13.1. The third-order valence-electron chi connectivity index (χ3n) is 4.52. The van der Waals surface area contributed by atoms with Crippen LogP contribution in [-0.4, -0.2) is 36.9 Å². The molecule has 0 atom stereocenters. The molecule has 0 bridgehead atoms. The summed E-state index contributed by atoms with van der Waals surface area (Å²) in [7, 11) is 1.82. The molecule has 2 amide bonds. The highest BCUT2D eigenvalue weighted by Gasteiger charge is 2.40. The van der Waals surface area contributed by atoms with Crippen molar-refractivity contribution >= 4 is 23.1 Å². The molecule has 1 aliphatic rings. The van der Waals surface area contributed by atoms with Crippen LogP contribution in [0.5, 0.6) is 5.75 Å². The van der Waals surface area contributed by atoms with Crippen molar-refractivity contribution in [2.75, 3.05) is 25.1 Å². The molecular weight excluding hydrogens is 340 g/mol. The van der Waals surface area contributed by atoms with E-state index < -0.39 is 0 Å². The molecule has 1 aliphatic heterocycles. The number of nitrogens with zero attached hydrogens (tertiary/aromatic N) is 2. The lowest BCUT2D eigenvalue weighted by molar-refractivity contribution is -0.136. The lowest BCUT2D eigenvalue weighted by atomic mass is 10.0. The molecule has 0 spiro atoms. The molecule has 1 heterocycles. The van der Waals surface area contributed by atoms with Gasteiger partial charge in [0.15, 0.2) is 0 Å². The molecule has 0 N–H and O–H groups in total. The van der Waals surface area contributed by atoms with Crippen LogP contribution in [0.25, 0.3) is 5.57 Å². The number of carbonyl (C=O) groups is 2. The van der Waals surface area contributed by atoms with Gasteiger partial charge in [0.25, 0.3) is 11.8 Å². The SMILES string of the molecule is CCCN1C(=O)C(c2ccc(OCC)cc2)=C(N(C)c2ccccc2)C1=O. The first kappa shape index (κ1) is 18.7. The van der Waals surface area contributed by atoms with E-state index in [2.05, 4.69) is 0 Å². The van der Waals surface area contributed by atoms with Gasteiger partial charge in [-0.1, -0.05) is 37.3 Å². The Balaban J connectivity index is 2.08. The van der Waals surface area contributed by atoms with Crippen molar-refractivity contribution in [3.05, 3.63) is 65.9 Å². The Kier molecular flexibility index (Phi) is 5.60. The Hall–Kier alpha value is -3.08. The average molecular weight is 364 g/mol. The van der Waals surface area contributed by atoms with Gasteiger partial charge in [0.1, 0.15) is 11.4 Å². The summed E-state index contributed by atoms with van der Waals surface area (Å²) in [5.74, 6) is 0.239. The van der Waals surface area contributed by atoms with E-state index >= 15 is 0 Å². The summed E-state index contributed by atoms with van der Waals surface area (Å²) in [4.78, 5) is 29.2. The number of amides is 2. The second-order valence-electron chi connectivity index (χ2n) is 6.34. The Bertz CT molecular complexity index is 857. The van der Waals surface area contributed by atoms with Crippen LogP contribution in [0.1, 0.15) is 25.8 Å². The number of benzene rings is 2. The van der Waals surface area contributed by atoms with Crippen molar-refractivity contribution in [3.63, 3.8) is 0 Å². The minimum Gasteiger partial charge on any atom is -0.494 e. The highest BCUT2D eigenvalue weighted by Crippen LogP contribution is 2.34. The number of ether oxygens (including phenoxy) is 1. The number of hydrogen-bond donors (Lipinski definition) is 0. The van der Waals surface area contributed by atoms with Crippen LogP contribution in [-0.2, 0) is 9.59 Å². The van der Waals surface area contributed by atoms with Crippen molar-refractivity contribution in [2.45, 2.75) is 20.3 Å². The largest absolute Gasteiger partial charge is 0.494 e. The zero-order chi connectivity index (χ0) is 19.4. The second kappa shape index (κ2) is 8.08. The van der Waals surface area contributed by atoms with Gasteiger partial charge in [0, 0.05) is 19.3 Å². The molecule has 0 unspecified atom stereocenters. The van der Waals surface area contributed by atoms with Gasteiger partial charge in [-0.05, 0) is 43.2 Å². The van der Waals surface area contributed by atoms with Gasteiger partial charge in [-0.25, -0.2) is 0 Å². The summed E-state index contributed by atoms with van der Waals surface area (Å²) in [6, 6.07) is 16.9. The predicted molar refractivity (Wildman–Crippen MR) is 106 cm³/mol. The highest BCUT2D eigenvalue weighted by atomic mass is 16.5. The molecule has 27 heavy (non-hydrogen) atoms. The lowest BCUT2D eigenvalue weighted by Crippen LogP contribution is -2.34. The van der Waals surface area contributed by atoms with Crippen molar-refractivity contribution in [1.29, 1.82) is 0 Å². The van der Waals surface area contributed by atoms with Crippen LogP contribution < -0.4 is 9.64 Å². The topological polar surface area (TPSA) is 49.9 Å². The van der Waals surface area contributed by atoms with Gasteiger partial charge in [-0.2, -0.15) is 0 Å². The van der Waals surface area contributed by atoms with Crippen LogP contribution >= 0.6 is 0 Å². The van der Waals surface area contributed by atoms with Crippen molar-refractivity contribution < 1.29 is 14.3 Å². The number of hydrogen-bond acceptors (Lipinski definition) is 4. The normalized spacial score (nSPS) is 14.1. The number of carbonyl (C=O) groups excluding carboxylic acids is 2. The highest BCUT2D eigenvalue weighted by molar-refractivity contribution is 6.36. The fraction of sp³-hybridized carbons (Fsp3) is 0.273. The first-order chi connectivity index (χ1) is 13.1. The monoisotopic (exact) mass is 364 g/mol. The molecule has 2 aromatic rings. The maximum Gasteiger partial charge on any atom is 0.278 e. The molecule has 0 aliphatic carbocycles. The van der Waals surface area contributed by atoms with Crippen LogP contribution in [0.15, 0.2) is 60.3 Å². The molecule has 140 valence electrons. The Morgan fingerprint density at radius 2 is 1.59 bits per heavy atom. The summed E-state index contributed by atoms with van der Waals surface area (Å²) in [6.07, 6.45) is 0.719. The fourth-order valence-electron chi connectivity index (χ4n) is 3.23. The van der Waals surface area contributed by atoms with Gasteiger partial charge in [0.2, 0.25) is 0 Å². The van der Waals surface area contributed by atoms with Gasteiger partial charge >= 0.3 is 0 Å². The second-order valence-corrected chi connectivity index (χ2v) is 6.34. The zero-order valence-electron chi connectivity index (χ0n) is 15.9. The van der Waals surface area contributed by atoms with Crippen LogP contribution in [0.2, 0.25) is 0 Å². The molecule has 2 aromatic carbocycles. The number of para-hydroxylation sites is 1. The summed E-state index contributed by atoms with van der Waals surface area (Å²) >= 11 is 0. The van der Waals surface area contributed by atoms with E-state index in [9.17, 15) is 9.59 Å². The smallest absolute Gasteiger partial charge is 0.278 e. The van der Waals surface area contributed by atoms with Gasteiger partial charge < -0.3 is 9.64 Å². The summed E-state index contributed by atoms with van der Waals surface area (Å²) < 4.78 is 5.49. The molecule has 5 nitrogen and oxygen atoms in total. The molecule has 0 saturated carbocycles. The van der Waals surface area contributed by atoms with Crippen LogP contribution in [0.3, 0.4) is 0 Å². The van der Waals surface area contributed by atoms with Crippen molar-refractivity contribution in [3.8, 4) is 5.75 Å². The van der Waals surface area contributed by atoms with E-state index in [1.165, 1.54) is 4.90 Å². The zero-order valence-corrected chi connectivity index (χ0v) is 15.9. The summed E-state index contributed by atoms with van der Waals surface area (Å²) in [5.41, 5.74) is 2.41. The number of rotatable bonds is 7. The molecule has 3 rings (SSSR count). The lowest BCUT2D eigenvalue weighted by Gasteiger charge is -2.21. The van der Waals surface area contributed by atoms with Crippen LogP contribution in [0.4, 0.5) is 5.69 Å². The first-order valence-corrected chi connectivity index (χ1v) is 9.21. The molecular formula is C22H24N2O3. The van der Waals surface area contributed by atoms with E-state index in [1.807, 2.05) is 75.5 Å². The first-order valence-electron chi connectivity index (χ1n) is 9.21. The molecule has 0 saturated heterocycles. The Morgan fingerprint density at radius 1 is 0.926 bits per heavy atom. The van der Waals surface area contributed by atoms with Gasteiger partial charge in [-0.3, -0.25) is 14.5 Å². The van der Waals surface area contributed by atoms with Gasteiger partial charge in [-0.15, -0.1) is 0 Å². The van der Waals surface area contributed by atoms with E-state index in [4.69, 9.17) is 4.74 Å². The summed E-state index contributed by atoms with van der Waals surface area (Å²) in [5, 5.41) is 0. The van der Waals surface area contributed by atoms with Crippen molar-refractivity contribution in [1.82, 2.24) is 4.90 Å². The quantitative estimate of drug-likeness (QED) is 0.703. The predicted octanol–water partition coefficient (Wildman–Crippen LogP) is 3.71. The Morgan fingerprint density at radius 3 is 2.19 bits per heavy atom. The molecule has 0 radical (unpaired) electrons. The minimum atomic E-state index is -0.253. The number of anilines is 1. The third kappa shape index (κ3) is 3.58. The van der Waals surface area contributed by atoms with E-state index in [1.54, 1.807) is 4.90 Å². The summed E-state index contributed by atoms with van der Waals surface area (Å²) in [6.45, 7) is 4.86. The molecule has 0 fully saturated rings. The fourth-order valence-corrected chi connectivity index (χ4v) is 3.23. The Labute approximate surface area is 159 Å². The molecule has 5 heteroatoms. The maximum atomic E-state index is 13.1. The third-order valence-corrected chi connectivity index (χ3v) is 4.52. The standard InChI is InChI=1S/C22H24N2O3/c1-4-15-24-21(25)19(16-11-13-18(14-12-16)27-5-2)20(22(24)26)23(3)17-9-7-6-8-10-17/h6-14H,4-5,15H2,1-3H3. The number of likely N-dealkylation sites (N-methyl/N-ethyl adjacent to an activating group) is 1. The van der Waals surface area contributed by atoms with Crippen LogP contribution in [0, 0.1) is 0 Å². The minimum absolute atomic E-state index is 0.246. The van der Waals surface area contributed by atoms with E-state index in [0.717, 1.165) is 17.9 Å². The number of imide groups is 1. The van der Waals surface area contributed by atoms with E-state index in [-0.39, 0.29) is 11.8 Å². The van der Waals surface area contributed by atoms with Gasteiger partial charge in [0.05, 0.1) is 12.2 Å². The average Bonchev–Trinajstić information content (AvgIpc) is 2.94.